The van der Waals surface area contributed by atoms with Crippen molar-refractivity contribution in [1.29, 1.82) is 0 Å². The smallest absolute Gasteiger partial charge is 0.358 e. The largest absolute Gasteiger partial charge is 0.461 e. The van der Waals surface area contributed by atoms with E-state index in [1.165, 1.54) is 41.2 Å². The molecule has 10 heteroatoms. The Labute approximate surface area is 204 Å². The van der Waals surface area contributed by atoms with E-state index in [2.05, 4.69) is 15.4 Å². The van der Waals surface area contributed by atoms with Gasteiger partial charge in [0, 0.05) is 17.8 Å². The highest BCUT2D eigenvalue weighted by molar-refractivity contribution is 6.38. The number of halogens is 3. The standard InChI is InChI=1S/C24H17Cl2FN4O3/c1-2-34-24(33)20-13-21(31(30-20)14-7-4-3-5-8-14)29-23(32)16-11-15(17(25)12-18(16)26)22-19(27)9-6-10-28-22/h3-13H,2H2,1H3,(H,29,32). The monoisotopic (exact) mass is 498 g/mol. The van der Waals surface area contributed by atoms with Gasteiger partial charge in [-0.05, 0) is 43.3 Å². The van der Waals surface area contributed by atoms with E-state index in [1.807, 2.05) is 6.07 Å². The van der Waals surface area contributed by atoms with Gasteiger partial charge in [0.15, 0.2) is 5.69 Å². The predicted octanol–water partition coefficient (Wildman–Crippen LogP) is 5.81. The summed E-state index contributed by atoms with van der Waals surface area (Å²) < 4.78 is 20.7. The number of benzene rings is 2. The van der Waals surface area contributed by atoms with Gasteiger partial charge in [-0.2, -0.15) is 5.10 Å². The van der Waals surface area contributed by atoms with Crippen LogP contribution in [0.4, 0.5) is 10.2 Å². The maximum atomic E-state index is 14.3. The molecule has 4 aromatic rings. The van der Waals surface area contributed by atoms with Crippen molar-refractivity contribution in [3.63, 3.8) is 0 Å². The first kappa shape index (κ1) is 23.4. The number of para-hydroxylation sites is 1. The van der Waals surface area contributed by atoms with E-state index in [-0.39, 0.29) is 45.0 Å². The second-order valence-electron chi connectivity index (χ2n) is 6.98. The fraction of sp³-hybridized carbons (Fsp3) is 0.0833. The van der Waals surface area contributed by atoms with Crippen molar-refractivity contribution in [2.45, 2.75) is 6.92 Å². The third-order valence-corrected chi connectivity index (χ3v) is 5.38. The lowest BCUT2D eigenvalue weighted by molar-refractivity contribution is 0.0518. The van der Waals surface area contributed by atoms with Crippen LogP contribution in [0.2, 0.25) is 10.0 Å². The van der Waals surface area contributed by atoms with Crippen LogP contribution < -0.4 is 5.32 Å². The summed E-state index contributed by atoms with van der Waals surface area (Å²) in [6.07, 6.45) is 1.42. The molecule has 0 saturated heterocycles. The molecule has 2 aromatic carbocycles. The van der Waals surface area contributed by atoms with Gasteiger partial charge in [-0.15, -0.1) is 0 Å². The van der Waals surface area contributed by atoms with Crippen molar-refractivity contribution in [3.05, 3.63) is 94.0 Å². The van der Waals surface area contributed by atoms with Crippen molar-refractivity contribution in [2.24, 2.45) is 0 Å². The molecule has 0 radical (unpaired) electrons. The Hall–Kier alpha value is -3.75. The molecule has 0 atom stereocenters. The van der Waals surface area contributed by atoms with E-state index in [0.29, 0.717) is 5.69 Å². The number of rotatable bonds is 6. The lowest BCUT2D eigenvalue weighted by Crippen LogP contribution is -2.16. The third-order valence-electron chi connectivity index (χ3n) is 4.75. The highest BCUT2D eigenvalue weighted by Gasteiger charge is 2.21. The van der Waals surface area contributed by atoms with Gasteiger partial charge in [0.2, 0.25) is 0 Å². The molecule has 1 amide bonds. The average molecular weight is 499 g/mol. The SMILES string of the molecule is CCOC(=O)c1cc(NC(=O)c2cc(-c3ncccc3F)c(Cl)cc2Cl)n(-c2ccccc2)n1. The molecule has 0 unspecified atom stereocenters. The summed E-state index contributed by atoms with van der Waals surface area (Å²) in [6, 6.07) is 15.7. The maximum absolute atomic E-state index is 14.3. The zero-order valence-corrected chi connectivity index (χ0v) is 19.3. The minimum Gasteiger partial charge on any atom is -0.461 e. The van der Waals surface area contributed by atoms with Crippen LogP contribution >= 0.6 is 23.2 Å². The van der Waals surface area contributed by atoms with Gasteiger partial charge in [-0.25, -0.2) is 13.9 Å². The predicted molar refractivity (Wildman–Crippen MR) is 127 cm³/mol. The Morgan fingerprint density at radius 3 is 2.53 bits per heavy atom. The summed E-state index contributed by atoms with van der Waals surface area (Å²) in [7, 11) is 0. The van der Waals surface area contributed by atoms with Gasteiger partial charge < -0.3 is 10.1 Å². The molecule has 0 aliphatic carbocycles. The maximum Gasteiger partial charge on any atom is 0.358 e. The number of anilines is 1. The quantitative estimate of drug-likeness (QED) is 0.339. The van der Waals surface area contributed by atoms with Crippen LogP contribution in [0.25, 0.3) is 16.9 Å². The number of amides is 1. The van der Waals surface area contributed by atoms with Gasteiger partial charge in [0.1, 0.15) is 17.3 Å². The first-order valence-electron chi connectivity index (χ1n) is 10.1. The van der Waals surface area contributed by atoms with Crippen LogP contribution in [0.15, 0.2) is 66.9 Å². The van der Waals surface area contributed by atoms with Crippen molar-refractivity contribution in [1.82, 2.24) is 14.8 Å². The minimum atomic E-state index is -0.634. The molecular weight excluding hydrogens is 482 g/mol. The number of nitrogens with one attached hydrogen (secondary N) is 1. The van der Waals surface area contributed by atoms with E-state index >= 15 is 0 Å². The number of hydrogen-bond acceptors (Lipinski definition) is 5. The van der Waals surface area contributed by atoms with Crippen molar-refractivity contribution in [3.8, 4) is 16.9 Å². The third kappa shape index (κ3) is 4.78. The van der Waals surface area contributed by atoms with Crippen LogP contribution in [-0.4, -0.2) is 33.2 Å². The molecule has 0 fully saturated rings. The molecule has 0 aliphatic rings. The van der Waals surface area contributed by atoms with Crippen LogP contribution in [0.1, 0.15) is 27.8 Å². The van der Waals surface area contributed by atoms with E-state index in [9.17, 15) is 14.0 Å². The number of pyridine rings is 1. The molecule has 2 heterocycles. The fourth-order valence-electron chi connectivity index (χ4n) is 3.21. The lowest BCUT2D eigenvalue weighted by Gasteiger charge is -2.12. The Morgan fingerprint density at radius 1 is 1.06 bits per heavy atom. The molecule has 0 spiro atoms. The summed E-state index contributed by atoms with van der Waals surface area (Å²) >= 11 is 12.5. The lowest BCUT2D eigenvalue weighted by atomic mass is 10.1. The first-order valence-corrected chi connectivity index (χ1v) is 10.9. The van der Waals surface area contributed by atoms with Crippen molar-refractivity contribution >= 4 is 40.9 Å². The number of nitrogens with zero attached hydrogens (tertiary/aromatic N) is 3. The topological polar surface area (TPSA) is 86.1 Å². The van der Waals surface area contributed by atoms with Crippen molar-refractivity contribution < 1.29 is 18.7 Å². The van der Waals surface area contributed by atoms with Gasteiger partial charge in [0.25, 0.3) is 5.91 Å². The van der Waals surface area contributed by atoms with Crippen LogP contribution in [0.5, 0.6) is 0 Å². The molecule has 4 rings (SSSR count). The Bertz CT molecular complexity index is 1380. The fourth-order valence-corrected chi connectivity index (χ4v) is 3.77. The van der Waals surface area contributed by atoms with Crippen LogP contribution in [0.3, 0.4) is 0 Å². The summed E-state index contributed by atoms with van der Waals surface area (Å²) in [4.78, 5) is 29.4. The molecule has 172 valence electrons. The number of esters is 1. The normalized spacial score (nSPS) is 10.7. The van der Waals surface area contributed by atoms with E-state index in [1.54, 1.807) is 31.2 Å². The number of carbonyl (C=O) groups is 2. The van der Waals surface area contributed by atoms with E-state index in [0.717, 1.165) is 0 Å². The number of aromatic nitrogens is 3. The zero-order chi connectivity index (χ0) is 24.2. The van der Waals surface area contributed by atoms with Gasteiger partial charge in [-0.3, -0.25) is 9.78 Å². The van der Waals surface area contributed by atoms with E-state index in [4.69, 9.17) is 27.9 Å². The molecular formula is C24H17Cl2FN4O3. The van der Waals surface area contributed by atoms with E-state index < -0.39 is 17.7 Å². The minimum absolute atomic E-state index is 0.0134. The summed E-state index contributed by atoms with van der Waals surface area (Å²) in [5.74, 6) is -1.65. The second-order valence-corrected chi connectivity index (χ2v) is 7.80. The summed E-state index contributed by atoms with van der Waals surface area (Å²) in [5, 5.41) is 7.17. The van der Waals surface area contributed by atoms with Gasteiger partial charge in [0.05, 0.1) is 27.9 Å². The molecule has 0 aliphatic heterocycles. The van der Waals surface area contributed by atoms with Crippen LogP contribution in [0, 0.1) is 5.82 Å². The average Bonchev–Trinajstić information content (AvgIpc) is 3.24. The number of ether oxygens (including phenoxy) is 1. The molecule has 7 nitrogen and oxygen atoms in total. The van der Waals surface area contributed by atoms with Gasteiger partial charge in [-0.1, -0.05) is 41.4 Å². The molecule has 0 bridgehead atoms. The Morgan fingerprint density at radius 2 is 1.82 bits per heavy atom. The zero-order valence-electron chi connectivity index (χ0n) is 17.8. The molecule has 34 heavy (non-hydrogen) atoms. The summed E-state index contributed by atoms with van der Waals surface area (Å²) in [6.45, 7) is 1.85. The molecule has 2 aromatic heterocycles. The Balaban J connectivity index is 1.74. The number of carbonyl (C=O) groups excluding carboxylic acids is 2. The summed E-state index contributed by atoms with van der Waals surface area (Å²) in [5.41, 5.74) is 0.839. The second kappa shape index (κ2) is 10.0. The highest BCUT2D eigenvalue weighted by Crippen LogP contribution is 2.33. The molecule has 1 N–H and O–H groups in total. The molecule has 0 saturated carbocycles. The van der Waals surface area contributed by atoms with Crippen molar-refractivity contribution in [2.75, 3.05) is 11.9 Å². The first-order chi connectivity index (χ1) is 16.4. The number of hydrogen-bond donors (Lipinski definition) is 1. The van der Waals surface area contributed by atoms with Crippen LogP contribution in [-0.2, 0) is 4.74 Å². The highest BCUT2D eigenvalue weighted by atomic mass is 35.5. The Kier molecular flexibility index (Phi) is 6.90. The van der Waals surface area contributed by atoms with Gasteiger partial charge >= 0.3 is 5.97 Å².